The molecule has 0 unspecified atom stereocenters. The minimum Gasteiger partial charge on any atom is -0.374 e. The normalized spacial score (nSPS) is 15.0. The summed E-state index contributed by atoms with van der Waals surface area (Å²) in [5, 5.41) is 12.8. The van der Waals surface area contributed by atoms with Crippen LogP contribution in [-0.4, -0.2) is 51.3 Å². The standard InChI is InChI=1S/C19H19ClN6/c20-16-5-4-8-18(15-16)25-13-11-24(12-14-25)10-9-19-21-22-23-26(19)17-6-2-1-3-7-17/h1-10,15H,11-14H2. The van der Waals surface area contributed by atoms with E-state index in [1.54, 1.807) is 4.68 Å². The van der Waals surface area contributed by atoms with Gasteiger partial charge in [-0.05, 0) is 40.8 Å². The van der Waals surface area contributed by atoms with Crippen molar-refractivity contribution >= 4 is 23.4 Å². The molecule has 0 aliphatic carbocycles. The van der Waals surface area contributed by atoms with Crippen LogP contribution in [0.3, 0.4) is 0 Å². The lowest BCUT2D eigenvalue weighted by Gasteiger charge is -2.35. The molecule has 26 heavy (non-hydrogen) atoms. The van der Waals surface area contributed by atoms with Crippen molar-refractivity contribution in [1.29, 1.82) is 0 Å². The van der Waals surface area contributed by atoms with Crippen LogP contribution in [-0.2, 0) is 0 Å². The van der Waals surface area contributed by atoms with Gasteiger partial charge in [0.05, 0.1) is 5.69 Å². The summed E-state index contributed by atoms with van der Waals surface area (Å²) < 4.78 is 1.73. The lowest BCUT2D eigenvalue weighted by molar-refractivity contribution is 0.351. The van der Waals surface area contributed by atoms with Crippen LogP contribution in [0.25, 0.3) is 11.8 Å². The minimum atomic E-state index is 0.716. The highest BCUT2D eigenvalue weighted by atomic mass is 35.5. The highest BCUT2D eigenvalue weighted by molar-refractivity contribution is 6.30. The SMILES string of the molecule is Clc1cccc(N2CCN(C=Cc3nnnn3-c3ccccc3)CC2)c1. The number of para-hydroxylation sites is 1. The molecule has 6 nitrogen and oxygen atoms in total. The molecule has 2 aromatic carbocycles. The zero-order chi connectivity index (χ0) is 17.8. The summed E-state index contributed by atoms with van der Waals surface area (Å²) in [7, 11) is 0. The highest BCUT2D eigenvalue weighted by Gasteiger charge is 2.15. The molecule has 132 valence electrons. The Balaban J connectivity index is 1.40. The zero-order valence-electron chi connectivity index (χ0n) is 14.2. The van der Waals surface area contributed by atoms with Crippen molar-refractivity contribution in [3.05, 3.63) is 71.6 Å². The maximum atomic E-state index is 6.10. The van der Waals surface area contributed by atoms with E-state index in [-0.39, 0.29) is 0 Å². The molecule has 1 saturated heterocycles. The number of halogens is 1. The van der Waals surface area contributed by atoms with Crippen LogP contribution >= 0.6 is 11.6 Å². The first-order valence-corrected chi connectivity index (χ1v) is 8.94. The molecule has 7 heteroatoms. The Morgan fingerprint density at radius 2 is 1.65 bits per heavy atom. The van der Waals surface area contributed by atoms with Crippen LogP contribution in [0.5, 0.6) is 0 Å². The van der Waals surface area contributed by atoms with Crippen molar-refractivity contribution < 1.29 is 0 Å². The Morgan fingerprint density at radius 1 is 0.885 bits per heavy atom. The van der Waals surface area contributed by atoms with E-state index in [2.05, 4.69) is 37.6 Å². The Hall–Kier alpha value is -2.86. The predicted octanol–water partition coefficient (Wildman–Crippen LogP) is 3.11. The number of tetrazole rings is 1. The Bertz CT molecular complexity index is 884. The van der Waals surface area contributed by atoms with E-state index in [0.29, 0.717) is 5.82 Å². The average molecular weight is 367 g/mol. The summed E-state index contributed by atoms with van der Waals surface area (Å²) in [4.78, 5) is 4.63. The van der Waals surface area contributed by atoms with E-state index in [9.17, 15) is 0 Å². The van der Waals surface area contributed by atoms with Gasteiger partial charge in [0.15, 0.2) is 5.82 Å². The molecular weight excluding hydrogens is 348 g/mol. The molecule has 1 aliphatic heterocycles. The van der Waals surface area contributed by atoms with Gasteiger partial charge in [-0.1, -0.05) is 35.9 Å². The van der Waals surface area contributed by atoms with Crippen LogP contribution in [0.15, 0.2) is 60.8 Å². The van der Waals surface area contributed by atoms with E-state index in [1.165, 1.54) is 5.69 Å². The number of nitrogens with zero attached hydrogens (tertiary/aromatic N) is 6. The van der Waals surface area contributed by atoms with E-state index < -0.39 is 0 Å². The molecule has 0 N–H and O–H groups in total. The number of aromatic nitrogens is 4. The first-order chi connectivity index (χ1) is 12.8. The molecule has 1 aliphatic rings. The quantitative estimate of drug-likeness (QED) is 0.710. The average Bonchev–Trinajstić information content (AvgIpc) is 3.16. The minimum absolute atomic E-state index is 0.716. The largest absolute Gasteiger partial charge is 0.374 e. The van der Waals surface area contributed by atoms with Gasteiger partial charge in [0, 0.05) is 49.2 Å². The van der Waals surface area contributed by atoms with Gasteiger partial charge in [-0.2, -0.15) is 4.68 Å². The molecule has 0 radical (unpaired) electrons. The smallest absolute Gasteiger partial charge is 0.181 e. The van der Waals surface area contributed by atoms with Gasteiger partial charge in [-0.15, -0.1) is 5.10 Å². The third kappa shape index (κ3) is 3.70. The molecule has 3 aromatic rings. The van der Waals surface area contributed by atoms with Crippen LogP contribution in [0.2, 0.25) is 5.02 Å². The van der Waals surface area contributed by atoms with E-state index in [1.807, 2.05) is 54.6 Å². The predicted molar refractivity (Wildman–Crippen MR) is 103 cm³/mol. The second-order valence-corrected chi connectivity index (χ2v) is 6.54. The summed E-state index contributed by atoms with van der Waals surface area (Å²) in [5.41, 5.74) is 2.12. The van der Waals surface area contributed by atoms with Gasteiger partial charge >= 0.3 is 0 Å². The molecule has 1 aromatic heterocycles. The van der Waals surface area contributed by atoms with Gasteiger partial charge < -0.3 is 9.80 Å². The number of benzene rings is 2. The summed E-state index contributed by atoms with van der Waals surface area (Å²) in [5.74, 6) is 0.716. The Morgan fingerprint density at radius 3 is 2.42 bits per heavy atom. The van der Waals surface area contributed by atoms with Crippen molar-refractivity contribution in [3.8, 4) is 5.69 Å². The molecule has 0 spiro atoms. The first-order valence-electron chi connectivity index (χ1n) is 8.56. The zero-order valence-corrected chi connectivity index (χ0v) is 15.0. The molecule has 4 rings (SSSR count). The lowest BCUT2D eigenvalue weighted by Crippen LogP contribution is -2.44. The number of rotatable bonds is 4. The van der Waals surface area contributed by atoms with Crippen molar-refractivity contribution in [2.45, 2.75) is 0 Å². The molecular formula is C19H19ClN6. The fourth-order valence-corrected chi connectivity index (χ4v) is 3.21. The van der Waals surface area contributed by atoms with Crippen LogP contribution in [0.4, 0.5) is 5.69 Å². The van der Waals surface area contributed by atoms with Crippen molar-refractivity contribution in [1.82, 2.24) is 25.1 Å². The third-order valence-electron chi connectivity index (χ3n) is 4.42. The van der Waals surface area contributed by atoms with E-state index in [0.717, 1.165) is 36.9 Å². The summed E-state index contributed by atoms with van der Waals surface area (Å²) >= 11 is 6.10. The third-order valence-corrected chi connectivity index (χ3v) is 4.65. The van der Waals surface area contributed by atoms with Crippen LogP contribution < -0.4 is 4.90 Å². The number of hydrogen-bond donors (Lipinski definition) is 0. The van der Waals surface area contributed by atoms with Crippen molar-refractivity contribution in [3.63, 3.8) is 0 Å². The Labute approximate surface area is 157 Å². The fraction of sp³-hybridized carbons (Fsp3) is 0.211. The summed E-state index contributed by atoms with van der Waals surface area (Å²) in [6.45, 7) is 3.79. The van der Waals surface area contributed by atoms with Gasteiger partial charge in [0.2, 0.25) is 0 Å². The Kier molecular flexibility index (Phi) is 4.84. The van der Waals surface area contributed by atoms with Crippen molar-refractivity contribution in [2.24, 2.45) is 0 Å². The van der Waals surface area contributed by atoms with Gasteiger partial charge in [0.1, 0.15) is 0 Å². The van der Waals surface area contributed by atoms with Crippen molar-refractivity contribution in [2.75, 3.05) is 31.1 Å². The summed E-state index contributed by atoms with van der Waals surface area (Å²) in [6.07, 6.45) is 4.03. The van der Waals surface area contributed by atoms with Gasteiger partial charge in [-0.3, -0.25) is 0 Å². The highest BCUT2D eigenvalue weighted by Crippen LogP contribution is 2.21. The van der Waals surface area contributed by atoms with Crippen LogP contribution in [0, 0.1) is 0 Å². The first kappa shape index (κ1) is 16.6. The molecule has 0 bridgehead atoms. The number of anilines is 1. The summed E-state index contributed by atoms with van der Waals surface area (Å²) in [6, 6.07) is 17.9. The maximum Gasteiger partial charge on any atom is 0.181 e. The van der Waals surface area contributed by atoms with Gasteiger partial charge in [-0.25, -0.2) is 0 Å². The lowest BCUT2D eigenvalue weighted by atomic mass is 10.2. The van der Waals surface area contributed by atoms with E-state index in [4.69, 9.17) is 11.6 Å². The maximum absolute atomic E-state index is 6.10. The fourth-order valence-electron chi connectivity index (χ4n) is 3.03. The molecule has 0 saturated carbocycles. The van der Waals surface area contributed by atoms with Gasteiger partial charge in [0.25, 0.3) is 0 Å². The number of piperazine rings is 1. The second kappa shape index (κ2) is 7.58. The van der Waals surface area contributed by atoms with Crippen LogP contribution in [0.1, 0.15) is 5.82 Å². The topological polar surface area (TPSA) is 50.1 Å². The molecule has 0 atom stereocenters. The molecule has 0 amide bonds. The monoisotopic (exact) mass is 366 g/mol. The van der Waals surface area contributed by atoms with E-state index >= 15 is 0 Å². The molecule has 2 heterocycles. The number of hydrogen-bond acceptors (Lipinski definition) is 5. The second-order valence-electron chi connectivity index (χ2n) is 6.10. The molecule has 1 fully saturated rings.